The summed E-state index contributed by atoms with van der Waals surface area (Å²) in [5.41, 5.74) is -0.103. The van der Waals surface area contributed by atoms with E-state index in [1.54, 1.807) is 0 Å². The standard InChI is InChI=1S/C15H13FO6S/c1-20-11-6-7-13(15(17)21-2)14(9-11)22-23(18,19)12-5-3-4-10(16)8-12/h3-9H,1-2H3. The molecule has 0 spiro atoms. The number of hydrogen-bond donors (Lipinski definition) is 0. The van der Waals surface area contributed by atoms with E-state index in [0.29, 0.717) is 0 Å². The van der Waals surface area contributed by atoms with Gasteiger partial charge in [0.25, 0.3) is 0 Å². The Kier molecular flexibility index (Phi) is 4.85. The number of esters is 1. The lowest BCUT2D eigenvalue weighted by Crippen LogP contribution is -2.13. The quantitative estimate of drug-likeness (QED) is 0.614. The second-order valence-electron chi connectivity index (χ2n) is 4.35. The molecule has 8 heteroatoms. The normalized spacial score (nSPS) is 10.9. The number of carbonyl (C=O) groups is 1. The van der Waals surface area contributed by atoms with Crippen molar-refractivity contribution in [1.29, 1.82) is 0 Å². The Morgan fingerprint density at radius 3 is 2.43 bits per heavy atom. The van der Waals surface area contributed by atoms with Crippen LogP contribution in [-0.2, 0) is 14.9 Å². The molecular weight excluding hydrogens is 327 g/mol. The third-order valence-corrected chi connectivity index (χ3v) is 4.11. The SMILES string of the molecule is COC(=O)c1ccc(OC)cc1OS(=O)(=O)c1cccc(F)c1. The minimum absolute atomic E-state index is 0.103. The van der Waals surface area contributed by atoms with E-state index in [2.05, 4.69) is 4.74 Å². The van der Waals surface area contributed by atoms with Crippen molar-refractivity contribution in [3.63, 3.8) is 0 Å². The zero-order chi connectivity index (χ0) is 17.0. The monoisotopic (exact) mass is 340 g/mol. The van der Waals surface area contributed by atoms with Gasteiger partial charge in [-0.1, -0.05) is 6.07 Å². The second-order valence-corrected chi connectivity index (χ2v) is 5.89. The number of ether oxygens (including phenoxy) is 2. The van der Waals surface area contributed by atoms with Gasteiger partial charge in [0.05, 0.1) is 14.2 Å². The summed E-state index contributed by atoms with van der Waals surface area (Å²) in [6.07, 6.45) is 0. The first kappa shape index (κ1) is 16.8. The van der Waals surface area contributed by atoms with E-state index in [1.165, 1.54) is 37.4 Å². The third kappa shape index (κ3) is 3.78. The van der Waals surface area contributed by atoms with E-state index >= 15 is 0 Å². The lowest BCUT2D eigenvalue weighted by atomic mass is 10.2. The van der Waals surface area contributed by atoms with Crippen molar-refractivity contribution in [3.05, 3.63) is 53.8 Å². The molecular formula is C15H13FO6S. The molecule has 122 valence electrons. The highest BCUT2D eigenvalue weighted by atomic mass is 32.2. The highest BCUT2D eigenvalue weighted by Gasteiger charge is 2.22. The van der Waals surface area contributed by atoms with Crippen LogP contribution in [0.2, 0.25) is 0 Å². The van der Waals surface area contributed by atoms with Crippen molar-refractivity contribution >= 4 is 16.1 Å². The minimum Gasteiger partial charge on any atom is -0.497 e. The second kappa shape index (κ2) is 6.66. The van der Waals surface area contributed by atoms with Crippen LogP contribution in [0.4, 0.5) is 4.39 Å². The Morgan fingerprint density at radius 1 is 1.09 bits per heavy atom. The predicted octanol–water partition coefficient (Wildman–Crippen LogP) is 2.39. The first-order chi connectivity index (χ1) is 10.9. The number of carbonyl (C=O) groups excluding carboxylic acids is 1. The van der Waals surface area contributed by atoms with Gasteiger partial charge in [0.15, 0.2) is 5.75 Å². The fourth-order valence-corrected chi connectivity index (χ4v) is 2.74. The zero-order valence-corrected chi connectivity index (χ0v) is 13.1. The van der Waals surface area contributed by atoms with Gasteiger partial charge < -0.3 is 13.7 Å². The molecule has 0 atom stereocenters. The van der Waals surface area contributed by atoms with Crippen LogP contribution in [0.3, 0.4) is 0 Å². The van der Waals surface area contributed by atoms with Crippen LogP contribution in [0.25, 0.3) is 0 Å². The minimum atomic E-state index is -4.33. The number of hydrogen-bond acceptors (Lipinski definition) is 6. The molecule has 0 aliphatic carbocycles. The maximum Gasteiger partial charge on any atom is 0.341 e. The Labute approximate surface area is 132 Å². The molecule has 2 aromatic rings. The fraction of sp³-hybridized carbons (Fsp3) is 0.133. The zero-order valence-electron chi connectivity index (χ0n) is 12.3. The smallest absolute Gasteiger partial charge is 0.341 e. The predicted molar refractivity (Wildman–Crippen MR) is 78.5 cm³/mol. The van der Waals surface area contributed by atoms with Crippen LogP contribution < -0.4 is 8.92 Å². The lowest BCUT2D eigenvalue weighted by molar-refractivity contribution is 0.0599. The molecule has 0 bridgehead atoms. The van der Waals surface area contributed by atoms with E-state index < -0.39 is 21.9 Å². The van der Waals surface area contributed by atoms with Gasteiger partial charge in [0.1, 0.15) is 22.0 Å². The average Bonchev–Trinajstić information content (AvgIpc) is 2.53. The van der Waals surface area contributed by atoms with Gasteiger partial charge >= 0.3 is 16.1 Å². The van der Waals surface area contributed by atoms with Gasteiger partial charge in [-0.05, 0) is 30.3 Å². The molecule has 0 unspecified atom stereocenters. The summed E-state index contributed by atoms with van der Waals surface area (Å²) in [5.74, 6) is -1.51. The van der Waals surface area contributed by atoms with Crippen LogP contribution >= 0.6 is 0 Å². The van der Waals surface area contributed by atoms with E-state index in [-0.39, 0.29) is 22.0 Å². The summed E-state index contributed by atoms with van der Waals surface area (Å²) >= 11 is 0. The molecule has 6 nitrogen and oxygen atoms in total. The maximum absolute atomic E-state index is 13.2. The molecule has 0 radical (unpaired) electrons. The molecule has 0 aromatic heterocycles. The van der Waals surface area contributed by atoms with Crippen molar-refractivity contribution in [2.75, 3.05) is 14.2 Å². The summed E-state index contributed by atoms with van der Waals surface area (Å²) in [7, 11) is -1.81. The molecule has 0 aliphatic rings. The van der Waals surface area contributed by atoms with Gasteiger partial charge in [-0.25, -0.2) is 9.18 Å². The molecule has 23 heavy (non-hydrogen) atoms. The van der Waals surface area contributed by atoms with Crippen molar-refractivity contribution in [2.45, 2.75) is 4.90 Å². The summed E-state index contributed by atoms with van der Waals surface area (Å²) in [5, 5.41) is 0. The Bertz CT molecular complexity index is 832. The highest BCUT2D eigenvalue weighted by Crippen LogP contribution is 2.28. The number of halogens is 1. The molecule has 0 fully saturated rings. The van der Waals surface area contributed by atoms with E-state index in [9.17, 15) is 17.6 Å². The molecule has 0 N–H and O–H groups in total. The fourth-order valence-electron chi connectivity index (χ4n) is 1.77. The molecule has 2 aromatic carbocycles. The van der Waals surface area contributed by atoms with Crippen LogP contribution in [0.1, 0.15) is 10.4 Å². The number of rotatable bonds is 5. The van der Waals surface area contributed by atoms with Crippen LogP contribution in [-0.4, -0.2) is 28.6 Å². The number of benzene rings is 2. The third-order valence-electron chi connectivity index (χ3n) is 2.88. The van der Waals surface area contributed by atoms with Gasteiger partial charge in [-0.15, -0.1) is 0 Å². The summed E-state index contributed by atoms with van der Waals surface area (Å²) < 4.78 is 52.2. The molecule has 0 heterocycles. The molecule has 2 rings (SSSR count). The van der Waals surface area contributed by atoms with Gasteiger partial charge in [-0.2, -0.15) is 8.42 Å². The van der Waals surface area contributed by atoms with Crippen molar-refractivity contribution in [1.82, 2.24) is 0 Å². The van der Waals surface area contributed by atoms with Crippen molar-refractivity contribution < 1.29 is 31.3 Å². The van der Waals surface area contributed by atoms with Crippen molar-refractivity contribution in [2.24, 2.45) is 0 Å². The van der Waals surface area contributed by atoms with Gasteiger partial charge in [-0.3, -0.25) is 0 Å². The molecule has 0 saturated carbocycles. The Balaban J connectivity index is 2.47. The van der Waals surface area contributed by atoms with E-state index in [0.717, 1.165) is 19.2 Å². The average molecular weight is 340 g/mol. The van der Waals surface area contributed by atoms with Gasteiger partial charge in [0, 0.05) is 6.07 Å². The molecule has 0 amide bonds. The summed E-state index contributed by atoms with van der Waals surface area (Å²) in [4.78, 5) is 11.3. The first-order valence-electron chi connectivity index (χ1n) is 6.34. The van der Waals surface area contributed by atoms with Gasteiger partial charge in [0.2, 0.25) is 0 Å². The molecule has 0 aliphatic heterocycles. The van der Waals surface area contributed by atoms with E-state index in [4.69, 9.17) is 8.92 Å². The van der Waals surface area contributed by atoms with Crippen LogP contribution in [0.15, 0.2) is 47.4 Å². The Hall–Kier alpha value is -2.61. The first-order valence-corrected chi connectivity index (χ1v) is 7.74. The van der Waals surface area contributed by atoms with Crippen molar-refractivity contribution in [3.8, 4) is 11.5 Å². The lowest BCUT2D eigenvalue weighted by Gasteiger charge is -2.12. The Morgan fingerprint density at radius 2 is 1.83 bits per heavy atom. The molecule has 0 saturated heterocycles. The largest absolute Gasteiger partial charge is 0.497 e. The summed E-state index contributed by atoms with van der Waals surface area (Å²) in [6, 6.07) is 8.31. The summed E-state index contributed by atoms with van der Waals surface area (Å²) in [6.45, 7) is 0. The topological polar surface area (TPSA) is 78.9 Å². The van der Waals surface area contributed by atoms with Crippen LogP contribution in [0, 0.1) is 5.82 Å². The maximum atomic E-state index is 13.2. The number of methoxy groups -OCH3 is 2. The highest BCUT2D eigenvalue weighted by molar-refractivity contribution is 7.87. The van der Waals surface area contributed by atoms with Crippen LogP contribution in [0.5, 0.6) is 11.5 Å². The van der Waals surface area contributed by atoms with E-state index in [1.807, 2.05) is 0 Å².